The molecule has 42 heavy (non-hydrogen) atoms. The maximum absolute atomic E-state index is 11.3. The van der Waals surface area contributed by atoms with Gasteiger partial charge in [-0.05, 0) is 123 Å². The Kier molecular flexibility index (Phi) is 12.0. The zero-order valence-electron chi connectivity index (χ0n) is 24.1. The molecule has 222 valence electrons. The predicted molar refractivity (Wildman–Crippen MR) is 173 cm³/mol. The van der Waals surface area contributed by atoms with Crippen molar-refractivity contribution in [2.24, 2.45) is 0 Å². The monoisotopic (exact) mass is 605 g/mol. The lowest BCUT2D eigenvalue weighted by atomic mass is 9.96. The minimum Gasteiger partial charge on any atom is -0.493 e. The highest BCUT2D eigenvalue weighted by atomic mass is 32.1. The maximum atomic E-state index is 11.3. The number of carboxylic acid groups (broad SMARTS) is 2. The van der Waals surface area contributed by atoms with E-state index in [9.17, 15) is 14.7 Å². The van der Waals surface area contributed by atoms with E-state index in [0.717, 1.165) is 49.8 Å². The van der Waals surface area contributed by atoms with Crippen molar-refractivity contribution in [3.63, 3.8) is 0 Å². The van der Waals surface area contributed by atoms with Gasteiger partial charge in [-0.3, -0.25) is 9.59 Å². The number of hydrogen-bond donors (Lipinski definition) is 2. The molecular formula is C34H39NO5S2. The Balaban J connectivity index is 1.30. The summed E-state index contributed by atoms with van der Waals surface area (Å²) in [6, 6.07) is 17.1. The molecule has 4 rings (SSSR count). The summed E-state index contributed by atoms with van der Waals surface area (Å²) < 4.78 is 5.88. The lowest BCUT2D eigenvalue weighted by Crippen LogP contribution is -2.18. The van der Waals surface area contributed by atoms with Gasteiger partial charge in [-0.1, -0.05) is 25.0 Å². The summed E-state index contributed by atoms with van der Waals surface area (Å²) in [6.07, 6.45) is 6.08. The minimum absolute atomic E-state index is 0.0383. The Morgan fingerprint density at radius 3 is 2.05 bits per heavy atom. The quantitative estimate of drug-likeness (QED) is 0.110. The predicted octanol–water partition coefficient (Wildman–Crippen LogP) is 8.64. The van der Waals surface area contributed by atoms with Crippen LogP contribution in [0, 0.1) is 0 Å². The van der Waals surface area contributed by atoms with Gasteiger partial charge in [0.15, 0.2) is 0 Å². The smallest absolute Gasteiger partial charge is 0.303 e. The first-order valence-corrected chi connectivity index (χ1v) is 16.4. The number of carbonyl (C=O) groups is 2. The number of ether oxygens (including phenoxy) is 1. The van der Waals surface area contributed by atoms with E-state index < -0.39 is 11.9 Å². The number of rotatable bonds is 18. The zero-order valence-corrected chi connectivity index (χ0v) is 25.7. The molecule has 0 atom stereocenters. The number of aliphatic carboxylic acids is 2. The molecule has 0 radical (unpaired) electrons. The molecule has 0 saturated carbocycles. The third kappa shape index (κ3) is 9.46. The van der Waals surface area contributed by atoms with Crippen LogP contribution in [0.2, 0.25) is 0 Å². The Bertz CT molecular complexity index is 1360. The van der Waals surface area contributed by atoms with E-state index in [1.165, 1.54) is 27.9 Å². The van der Waals surface area contributed by atoms with Crippen molar-refractivity contribution >= 4 is 40.3 Å². The molecule has 4 aromatic rings. The van der Waals surface area contributed by atoms with Crippen molar-refractivity contribution in [2.75, 3.05) is 25.1 Å². The summed E-state index contributed by atoms with van der Waals surface area (Å²) in [5.74, 6) is -1.01. The van der Waals surface area contributed by atoms with E-state index in [-0.39, 0.29) is 12.8 Å². The van der Waals surface area contributed by atoms with Crippen LogP contribution in [-0.2, 0) is 22.4 Å². The molecular weight excluding hydrogens is 567 g/mol. The highest BCUT2D eigenvalue weighted by Crippen LogP contribution is 2.34. The first-order chi connectivity index (χ1) is 20.4. The molecule has 0 aliphatic heterocycles. The summed E-state index contributed by atoms with van der Waals surface area (Å²) >= 11 is 3.44. The Morgan fingerprint density at radius 1 is 0.762 bits per heavy atom. The largest absolute Gasteiger partial charge is 0.493 e. The van der Waals surface area contributed by atoms with Gasteiger partial charge in [-0.15, -0.1) is 0 Å². The molecule has 0 amide bonds. The van der Waals surface area contributed by atoms with Gasteiger partial charge < -0.3 is 19.8 Å². The summed E-state index contributed by atoms with van der Waals surface area (Å²) in [4.78, 5) is 24.4. The molecule has 0 saturated heterocycles. The van der Waals surface area contributed by atoms with Crippen LogP contribution in [0.25, 0.3) is 22.3 Å². The van der Waals surface area contributed by atoms with Crippen LogP contribution < -0.4 is 9.64 Å². The van der Waals surface area contributed by atoms with Crippen LogP contribution in [0.15, 0.2) is 70.1 Å². The van der Waals surface area contributed by atoms with Gasteiger partial charge in [0.05, 0.1) is 6.61 Å². The Morgan fingerprint density at radius 2 is 1.43 bits per heavy atom. The SMILES string of the molecule is CN(CCCCCCc1cccc(OCCCC(=O)O)c1CCC(=O)O)c1cc(-c2ccsc2)cc(-c2ccsc2)c1. The van der Waals surface area contributed by atoms with Crippen molar-refractivity contribution in [2.45, 2.75) is 57.8 Å². The van der Waals surface area contributed by atoms with Gasteiger partial charge in [0.1, 0.15) is 5.75 Å². The lowest BCUT2D eigenvalue weighted by Gasteiger charge is -2.21. The minimum atomic E-state index is -0.848. The lowest BCUT2D eigenvalue weighted by molar-refractivity contribution is -0.138. The zero-order chi connectivity index (χ0) is 29.7. The van der Waals surface area contributed by atoms with Crippen LogP contribution in [-0.4, -0.2) is 42.4 Å². The van der Waals surface area contributed by atoms with Crippen LogP contribution in [0.4, 0.5) is 5.69 Å². The number of anilines is 1. The fraction of sp³-hybridized carbons (Fsp3) is 0.353. The Labute approximate surface area is 256 Å². The number of nitrogens with zero attached hydrogens (tertiary/aromatic N) is 1. The molecule has 2 heterocycles. The molecule has 0 spiro atoms. The molecule has 2 aromatic carbocycles. The highest BCUT2D eigenvalue weighted by molar-refractivity contribution is 7.08. The fourth-order valence-electron chi connectivity index (χ4n) is 5.07. The first-order valence-electron chi connectivity index (χ1n) is 14.5. The summed E-state index contributed by atoms with van der Waals surface area (Å²) in [5.41, 5.74) is 8.27. The summed E-state index contributed by atoms with van der Waals surface area (Å²) in [5, 5.41) is 26.8. The second kappa shape index (κ2) is 16.1. The van der Waals surface area contributed by atoms with E-state index in [1.807, 2.05) is 12.1 Å². The standard InChI is InChI=1S/C34H39NO5S2/c1-35(30-21-28(26-14-18-41-23-26)20-29(22-30)27-15-19-42-24-27)16-5-3-2-4-8-25-9-6-10-32(31(25)12-13-34(38)39)40-17-7-11-33(36)37/h6,9-10,14-15,18-24H,2-5,7-8,11-13,16-17H2,1H3,(H,36,37)(H,38,39). The summed E-state index contributed by atoms with van der Waals surface area (Å²) in [7, 11) is 2.17. The van der Waals surface area contributed by atoms with Crippen LogP contribution in [0.5, 0.6) is 5.75 Å². The van der Waals surface area contributed by atoms with Crippen LogP contribution >= 0.6 is 22.7 Å². The summed E-state index contributed by atoms with van der Waals surface area (Å²) in [6.45, 7) is 1.27. The number of hydrogen-bond acceptors (Lipinski definition) is 6. The number of thiophene rings is 2. The average Bonchev–Trinajstić information content (AvgIpc) is 3.71. The van der Waals surface area contributed by atoms with Crippen molar-refractivity contribution < 1.29 is 24.5 Å². The number of aryl methyl sites for hydroxylation is 1. The van der Waals surface area contributed by atoms with Crippen LogP contribution in [0.1, 0.15) is 56.1 Å². The van der Waals surface area contributed by atoms with Crippen molar-refractivity contribution in [3.05, 3.63) is 81.2 Å². The van der Waals surface area contributed by atoms with Gasteiger partial charge in [0.25, 0.3) is 0 Å². The molecule has 0 aliphatic carbocycles. The number of benzene rings is 2. The van der Waals surface area contributed by atoms with Crippen molar-refractivity contribution in [1.29, 1.82) is 0 Å². The van der Waals surface area contributed by atoms with E-state index in [0.29, 0.717) is 25.2 Å². The average molecular weight is 606 g/mol. The van der Waals surface area contributed by atoms with Crippen LogP contribution in [0.3, 0.4) is 0 Å². The molecule has 2 N–H and O–H groups in total. The normalized spacial score (nSPS) is 11.0. The van der Waals surface area contributed by atoms with Gasteiger partial charge >= 0.3 is 11.9 Å². The van der Waals surface area contributed by atoms with Gasteiger partial charge in [0, 0.05) is 32.1 Å². The van der Waals surface area contributed by atoms with E-state index >= 15 is 0 Å². The number of carboxylic acids is 2. The van der Waals surface area contributed by atoms with Crippen molar-refractivity contribution in [1.82, 2.24) is 0 Å². The number of unbranched alkanes of at least 4 members (excludes halogenated alkanes) is 3. The third-order valence-corrected chi connectivity index (χ3v) is 8.74. The topological polar surface area (TPSA) is 87.1 Å². The molecule has 0 aliphatic rings. The van der Waals surface area contributed by atoms with E-state index in [4.69, 9.17) is 9.84 Å². The van der Waals surface area contributed by atoms with Gasteiger partial charge in [0.2, 0.25) is 0 Å². The molecule has 6 nitrogen and oxygen atoms in total. The first kappa shape index (κ1) is 31.3. The maximum Gasteiger partial charge on any atom is 0.303 e. The van der Waals surface area contributed by atoms with Gasteiger partial charge in [-0.25, -0.2) is 0 Å². The third-order valence-electron chi connectivity index (χ3n) is 7.37. The fourth-order valence-corrected chi connectivity index (χ4v) is 6.40. The highest BCUT2D eigenvalue weighted by Gasteiger charge is 2.13. The Hall–Kier alpha value is -3.62. The molecule has 0 fully saturated rings. The molecule has 0 unspecified atom stereocenters. The molecule has 0 bridgehead atoms. The second-order valence-corrected chi connectivity index (χ2v) is 12.1. The second-order valence-electron chi connectivity index (χ2n) is 10.5. The van der Waals surface area contributed by atoms with E-state index in [2.05, 4.69) is 69.9 Å². The van der Waals surface area contributed by atoms with E-state index in [1.54, 1.807) is 22.7 Å². The molecule has 8 heteroatoms. The van der Waals surface area contributed by atoms with Gasteiger partial charge in [-0.2, -0.15) is 22.7 Å². The van der Waals surface area contributed by atoms with Crippen molar-refractivity contribution in [3.8, 4) is 28.0 Å². The molecule has 2 aromatic heterocycles.